The quantitative estimate of drug-likeness (QED) is 0.925. The third-order valence-electron chi connectivity index (χ3n) is 2.49. The topological polar surface area (TPSA) is 38.3 Å². The van der Waals surface area contributed by atoms with Crippen LogP contribution in [-0.2, 0) is 11.4 Å². The highest BCUT2D eigenvalue weighted by molar-refractivity contribution is 9.10. The van der Waals surface area contributed by atoms with Gasteiger partial charge in [0.2, 0.25) is 5.91 Å². The molecule has 0 bridgehead atoms. The molecule has 1 amide bonds. The van der Waals surface area contributed by atoms with Crippen molar-refractivity contribution in [3.63, 3.8) is 0 Å². The Morgan fingerprint density at radius 2 is 1.74 bits per heavy atom. The van der Waals surface area contributed by atoms with Gasteiger partial charge < -0.3 is 10.1 Å². The molecule has 0 radical (unpaired) electrons. The van der Waals surface area contributed by atoms with Crippen LogP contribution in [0.1, 0.15) is 12.5 Å². The summed E-state index contributed by atoms with van der Waals surface area (Å²) < 4.78 is 6.72. The van der Waals surface area contributed by atoms with Crippen LogP contribution in [0.3, 0.4) is 0 Å². The van der Waals surface area contributed by atoms with Crippen molar-refractivity contribution >= 4 is 27.5 Å². The fourth-order valence-electron chi connectivity index (χ4n) is 1.59. The molecular weight excluding hydrogens is 306 g/mol. The lowest BCUT2D eigenvalue weighted by atomic mass is 10.2. The Morgan fingerprint density at radius 3 is 2.32 bits per heavy atom. The smallest absolute Gasteiger partial charge is 0.221 e. The molecular formula is C15H14BrNO2. The molecule has 0 aliphatic carbocycles. The average Bonchev–Trinajstić information content (AvgIpc) is 2.39. The number of anilines is 1. The summed E-state index contributed by atoms with van der Waals surface area (Å²) in [6.45, 7) is 2.00. The van der Waals surface area contributed by atoms with Gasteiger partial charge in [0.25, 0.3) is 0 Å². The van der Waals surface area contributed by atoms with E-state index in [9.17, 15) is 4.79 Å². The van der Waals surface area contributed by atoms with Crippen molar-refractivity contribution in [3.05, 3.63) is 58.6 Å². The number of hydrogen-bond donors (Lipinski definition) is 1. The Kier molecular flexibility index (Phi) is 4.58. The second kappa shape index (κ2) is 6.38. The van der Waals surface area contributed by atoms with Gasteiger partial charge in [0, 0.05) is 17.1 Å². The number of rotatable bonds is 4. The second-order valence-electron chi connectivity index (χ2n) is 4.12. The molecule has 0 saturated carbocycles. The van der Waals surface area contributed by atoms with Crippen LogP contribution in [0.4, 0.5) is 5.69 Å². The van der Waals surface area contributed by atoms with Gasteiger partial charge in [-0.1, -0.05) is 28.1 Å². The molecule has 0 fully saturated rings. The number of hydrogen-bond acceptors (Lipinski definition) is 2. The maximum Gasteiger partial charge on any atom is 0.221 e. The highest BCUT2D eigenvalue weighted by atomic mass is 79.9. The average molecular weight is 320 g/mol. The molecule has 0 aromatic heterocycles. The summed E-state index contributed by atoms with van der Waals surface area (Å²) in [6.07, 6.45) is 0. The highest BCUT2D eigenvalue weighted by Crippen LogP contribution is 2.17. The molecule has 0 spiro atoms. The van der Waals surface area contributed by atoms with Gasteiger partial charge in [0.05, 0.1) is 0 Å². The van der Waals surface area contributed by atoms with Crippen LogP contribution < -0.4 is 10.1 Å². The van der Waals surface area contributed by atoms with E-state index in [1.54, 1.807) is 0 Å². The van der Waals surface area contributed by atoms with E-state index in [0.29, 0.717) is 6.61 Å². The van der Waals surface area contributed by atoms with Gasteiger partial charge in [-0.15, -0.1) is 0 Å². The van der Waals surface area contributed by atoms with Crippen LogP contribution >= 0.6 is 15.9 Å². The number of amides is 1. The van der Waals surface area contributed by atoms with E-state index in [2.05, 4.69) is 21.2 Å². The normalized spacial score (nSPS) is 10.0. The van der Waals surface area contributed by atoms with E-state index >= 15 is 0 Å². The fraction of sp³-hybridized carbons (Fsp3) is 0.133. The molecule has 3 nitrogen and oxygen atoms in total. The van der Waals surface area contributed by atoms with E-state index in [1.165, 1.54) is 6.92 Å². The van der Waals surface area contributed by atoms with Crippen molar-refractivity contribution in [1.29, 1.82) is 0 Å². The van der Waals surface area contributed by atoms with Crippen molar-refractivity contribution in [3.8, 4) is 5.75 Å². The summed E-state index contributed by atoms with van der Waals surface area (Å²) in [5.74, 6) is 0.695. The highest BCUT2D eigenvalue weighted by Gasteiger charge is 1.98. The minimum atomic E-state index is -0.0801. The lowest BCUT2D eigenvalue weighted by Gasteiger charge is -2.07. The lowest BCUT2D eigenvalue weighted by molar-refractivity contribution is -0.114. The van der Waals surface area contributed by atoms with Crippen molar-refractivity contribution in [2.24, 2.45) is 0 Å². The fourth-order valence-corrected chi connectivity index (χ4v) is 1.85. The number of halogens is 1. The number of benzene rings is 2. The number of carbonyl (C=O) groups is 1. The summed E-state index contributed by atoms with van der Waals surface area (Å²) in [4.78, 5) is 10.9. The molecule has 2 aromatic rings. The molecule has 0 atom stereocenters. The number of carbonyl (C=O) groups excluding carboxylic acids is 1. The van der Waals surface area contributed by atoms with Crippen molar-refractivity contribution in [2.45, 2.75) is 13.5 Å². The van der Waals surface area contributed by atoms with Crippen LogP contribution in [0.5, 0.6) is 5.75 Å². The summed E-state index contributed by atoms with van der Waals surface area (Å²) in [5.41, 5.74) is 1.87. The molecule has 4 heteroatoms. The second-order valence-corrected chi connectivity index (χ2v) is 5.04. The summed E-state index contributed by atoms with van der Waals surface area (Å²) >= 11 is 3.39. The Hall–Kier alpha value is -1.81. The summed E-state index contributed by atoms with van der Waals surface area (Å²) in [5, 5.41) is 2.71. The van der Waals surface area contributed by atoms with E-state index < -0.39 is 0 Å². The molecule has 2 aromatic carbocycles. The molecule has 0 saturated heterocycles. The first-order valence-corrected chi connectivity index (χ1v) is 6.68. The lowest BCUT2D eigenvalue weighted by Crippen LogP contribution is -2.05. The predicted molar refractivity (Wildman–Crippen MR) is 79.2 cm³/mol. The van der Waals surface area contributed by atoms with E-state index in [1.807, 2.05) is 48.5 Å². The zero-order chi connectivity index (χ0) is 13.7. The van der Waals surface area contributed by atoms with Gasteiger partial charge in [0.1, 0.15) is 12.4 Å². The number of nitrogens with one attached hydrogen (secondary N) is 1. The standard InChI is InChI=1S/C15H14BrNO2/c1-11(18)17-14-6-8-15(9-7-14)19-10-12-2-4-13(16)5-3-12/h2-9H,10H2,1H3,(H,17,18). The summed E-state index contributed by atoms with van der Waals surface area (Å²) in [7, 11) is 0. The number of ether oxygens (including phenoxy) is 1. The van der Waals surface area contributed by atoms with Crippen LogP contribution in [0.25, 0.3) is 0 Å². The predicted octanol–water partition coefficient (Wildman–Crippen LogP) is 3.99. The Morgan fingerprint density at radius 1 is 1.11 bits per heavy atom. The van der Waals surface area contributed by atoms with Gasteiger partial charge >= 0.3 is 0 Å². The molecule has 0 unspecified atom stereocenters. The van der Waals surface area contributed by atoms with E-state index in [-0.39, 0.29) is 5.91 Å². The first-order valence-electron chi connectivity index (χ1n) is 5.88. The third-order valence-corrected chi connectivity index (χ3v) is 3.02. The first-order chi connectivity index (χ1) is 9.13. The maximum atomic E-state index is 10.9. The molecule has 0 aliphatic rings. The molecule has 0 heterocycles. The Balaban J connectivity index is 1.92. The van der Waals surface area contributed by atoms with Crippen molar-refractivity contribution < 1.29 is 9.53 Å². The van der Waals surface area contributed by atoms with Gasteiger partial charge in [0.15, 0.2) is 0 Å². The molecule has 0 aliphatic heterocycles. The molecule has 98 valence electrons. The molecule has 19 heavy (non-hydrogen) atoms. The van der Waals surface area contributed by atoms with Crippen molar-refractivity contribution in [2.75, 3.05) is 5.32 Å². The zero-order valence-electron chi connectivity index (χ0n) is 10.5. The minimum absolute atomic E-state index is 0.0801. The van der Waals surface area contributed by atoms with E-state index in [0.717, 1.165) is 21.5 Å². The first kappa shape index (κ1) is 13.6. The summed E-state index contributed by atoms with van der Waals surface area (Å²) in [6, 6.07) is 15.3. The zero-order valence-corrected chi connectivity index (χ0v) is 12.1. The van der Waals surface area contributed by atoms with Gasteiger partial charge in [-0.25, -0.2) is 0 Å². The van der Waals surface area contributed by atoms with Gasteiger partial charge in [-0.3, -0.25) is 4.79 Å². The maximum absolute atomic E-state index is 10.9. The molecule has 1 N–H and O–H groups in total. The Labute approximate surface area is 120 Å². The Bertz CT molecular complexity index is 549. The van der Waals surface area contributed by atoms with Gasteiger partial charge in [-0.05, 0) is 42.0 Å². The third kappa shape index (κ3) is 4.41. The molecule has 2 rings (SSSR count). The van der Waals surface area contributed by atoms with Crippen LogP contribution in [0.2, 0.25) is 0 Å². The largest absolute Gasteiger partial charge is 0.489 e. The van der Waals surface area contributed by atoms with Crippen LogP contribution in [0.15, 0.2) is 53.0 Å². The SMILES string of the molecule is CC(=O)Nc1ccc(OCc2ccc(Br)cc2)cc1. The van der Waals surface area contributed by atoms with Crippen LogP contribution in [0, 0.1) is 0 Å². The van der Waals surface area contributed by atoms with Crippen molar-refractivity contribution in [1.82, 2.24) is 0 Å². The minimum Gasteiger partial charge on any atom is -0.489 e. The van der Waals surface area contributed by atoms with Crippen LogP contribution in [-0.4, -0.2) is 5.91 Å². The van der Waals surface area contributed by atoms with E-state index in [4.69, 9.17) is 4.74 Å². The van der Waals surface area contributed by atoms with Gasteiger partial charge in [-0.2, -0.15) is 0 Å². The monoisotopic (exact) mass is 319 g/mol.